The van der Waals surface area contributed by atoms with Crippen molar-refractivity contribution in [2.45, 2.75) is 31.8 Å². The van der Waals surface area contributed by atoms with Crippen LogP contribution in [-0.4, -0.2) is 47.4 Å². The van der Waals surface area contributed by atoms with Gasteiger partial charge in [-0.2, -0.15) is 0 Å². The molecular weight excluding hydrogens is 536 g/mol. The summed E-state index contributed by atoms with van der Waals surface area (Å²) in [6.45, 7) is 1.04. The lowest BCUT2D eigenvalue weighted by molar-refractivity contribution is -0.124. The molecule has 39 heavy (non-hydrogen) atoms. The molecule has 2 aliphatic rings. The van der Waals surface area contributed by atoms with Crippen LogP contribution in [0.25, 0.3) is 0 Å². The van der Waals surface area contributed by atoms with Crippen molar-refractivity contribution in [1.29, 1.82) is 0 Å². The molecule has 3 aromatic rings. The Hall–Kier alpha value is -3.95. The fourth-order valence-corrected chi connectivity index (χ4v) is 5.32. The zero-order chi connectivity index (χ0) is 27.5. The number of benzene rings is 3. The van der Waals surface area contributed by atoms with Gasteiger partial charge in [-0.1, -0.05) is 23.7 Å². The first-order valence-corrected chi connectivity index (χ1v) is 13.4. The predicted octanol–water partition coefficient (Wildman–Crippen LogP) is 5.01. The third-order valence-corrected chi connectivity index (χ3v) is 7.50. The van der Waals surface area contributed by atoms with E-state index in [-0.39, 0.29) is 24.1 Å². The van der Waals surface area contributed by atoms with Crippen molar-refractivity contribution in [3.8, 4) is 5.75 Å². The Morgan fingerprint density at radius 1 is 1.00 bits per heavy atom. The van der Waals surface area contributed by atoms with Crippen LogP contribution >= 0.6 is 23.8 Å². The van der Waals surface area contributed by atoms with Crippen LogP contribution in [-0.2, 0) is 20.9 Å². The van der Waals surface area contributed by atoms with Crippen LogP contribution in [0.2, 0.25) is 5.02 Å². The molecule has 0 aliphatic carbocycles. The smallest absolute Gasteiger partial charge is 0.256 e. The summed E-state index contributed by atoms with van der Waals surface area (Å²) in [7, 11) is 1.57. The van der Waals surface area contributed by atoms with Gasteiger partial charge in [0.25, 0.3) is 5.91 Å². The highest BCUT2D eigenvalue weighted by molar-refractivity contribution is 7.80. The molecule has 3 amide bonds. The molecule has 200 valence electrons. The Kier molecular flexibility index (Phi) is 7.81. The van der Waals surface area contributed by atoms with Crippen molar-refractivity contribution in [2.24, 2.45) is 0 Å². The van der Waals surface area contributed by atoms with Gasteiger partial charge in [-0.05, 0) is 84.9 Å². The van der Waals surface area contributed by atoms with Gasteiger partial charge in [0.1, 0.15) is 11.8 Å². The molecule has 3 aromatic carbocycles. The van der Waals surface area contributed by atoms with E-state index in [2.05, 4.69) is 5.32 Å². The van der Waals surface area contributed by atoms with Gasteiger partial charge in [-0.25, -0.2) is 0 Å². The zero-order valence-corrected chi connectivity index (χ0v) is 22.9. The number of ether oxygens (including phenoxy) is 1. The van der Waals surface area contributed by atoms with Crippen molar-refractivity contribution in [1.82, 2.24) is 4.90 Å². The van der Waals surface area contributed by atoms with Gasteiger partial charge in [0.05, 0.1) is 19.2 Å². The molecule has 1 atom stereocenters. The number of nitrogens with one attached hydrogen (secondary N) is 1. The number of halogens is 1. The Labute approximate surface area is 237 Å². The van der Waals surface area contributed by atoms with E-state index < -0.39 is 6.04 Å². The van der Waals surface area contributed by atoms with E-state index >= 15 is 0 Å². The molecule has 0 saturated carbocycles. The third kappa shape index (κ3) is 5.74. The molecule has 0 aromatic heterocycles. The summed E-state index contributed by atoms with van der Waals surface area (Å²) in [6, 6.07) is 20.7. The minimum Gasteiger partial charge on any atom is -0.497 e. The average molecular weight is 563 g/mol. The van der Waals surface area contributed by atoms with Crippen LogP contribution < -0.4 is 19.9 Å². The molecule has 0 unspecified atom stereocenters. The highest BCUT2D eigenvalue weighted by atomic mass is 35.5. The SMILES string of the molecule is COc1ccc(N2C(=O)[C@@H](CC(=O)Nc3ccc(Cl)cc3)N(Cc3ccc(N4CCCC4=O)cc3)C2=S)cc1. The van der Waals surface area contributed by atoms with Crippen LogP contribution in [0.1, 0.15) is 24.8 Å². The van der Waals surface area contributed by atoms with E-state index in [0.717, 1.165) is 17.7 Å². The molecule has 2 aliphatic heterocycles. The summed E-state index contributed by atoms with van der Waals surface area (Å²) in [5, 5.41) is 3.71. The summed E-state index contributed by atoms with van der Waals surface area (Å²) in [5.41, 5.74) is 2.93. The molecule has 0 radical (unpaired) electrons. The van der Waals surface area contributed by atoms with Crippen LogP contribution in [0, 0.1) is 0 Å². The lowest BCUT2D eigenvalue weighted by Gasteiger charge is -2.24. The number of carbonyl (C=O) groups is 3. The molecule has 2 heterocycles. The normalized spacial score (nSPS) is 17.2. The molecule has 1 N–H and O–H groups in total. The summed E-state index contributed by atoms with van der Waals surface area (Å²) in [4.78, 5) is 43.9. The summed E-state index contributed by atoms with van der Waals surface area (Å²) >= 11 is 11.7. The fraction of sp³-hybridized carbons (Fsp3) is 0.241. The maximum absolute atomic E-state index is 13.7. The first-order chi connectivity index (χ1) is 18.8. The topological polar surface area (TPSA) is 82.2 Å². The fourth-order valence-electron chi connectivity index (χ4n) is 4.80. The molecular formula is C29H27ClN4O4S. The second-order valence-corrected chi connectivity index (χ2v) is 10.2. The van der Waals surface area contributed by atoms with Gasteiger partial charge >= 0.3 is 0 Å². The molecule has 10 heteroatoms. The minimum atomic E-state index is -0.799. The van der Waals surface area contributed by atoms with Crippen molar-refractivity contribution < 1.29 is 19.1 Å². The van der Waals surface area contributed by atoms with Gasteiger partial charge in [-0.15, -0.1) is 0 Å². The van der Waals surface area contributed by atoms with E-state index in [4.69, 9.17) is 28.6 Å². The molecule has 0 bridgehead atoms. The van der Waals surface area contributed by atoms with Gasteiger partial charge < -0.3 is 19.9 Å². The lowest BCUT2D eigenvalue weighted by Crippen LogP contribution is -2.37. The number of nitrogens with zero attached hydrogens (tertiary/aromatic N) is 3. The van der Waals surface area contributed by atoms with Gasteiger partial charge in [-0.3, -0.25) is 19.3 Å². The predicted molar refractivity (Wildman–Crippen MR) is 155 cm³/mol. The molecule has 8 nitrogen and oxygen atoms in total. The van der Waals surface area contributed by atoms with Crippen LogP contribution in [0.4, 0.5) is 17.1 Å². The average Bonchev–Trinajstić information content (AvgIpc) is 3.46. The summed E-state index contributed by atoms with van der Waals surface area (Å²) in [6.07, 6.45) is 1.33. The van der Waals surface area contributed by atoms with Crippen LogP contribution in [0.5, 0.6) is 5.75 Å². The Bertz CT molecular complexity index is 1400. The van der Waals surface area contributed by atoms with Crippen molar-refractivity contribution in [3.63, 3.8) is 0 Å². The van der Waals surface area contributed by atoms with Gasteiger partial charge in [0.15, 0.2) is 5.11 Å². The Morgan fingerprint density at radius 2 is 1.67 bits per heavy atom. The molecule has 5 rings (SSSR count). The highest BCUT2D eigenvalue weighted by Crippen LogP contribution is 2.31. The van der Waals surface area contributed by atoms with Crippen LogP contribution in [0.15, 0.2) is 72.8 Å². The monoisotopic (exact) mass is 562 g/mol. The van der Waals surface area contributed by atoms with Crippen LogP contribution in [0.3, 0.4) is 0 Å². The number of thiocarbonyl (C=S) groups is 1. The second kappa shape index (κ2) is 11.4. The Morgan fingerprint density at radius 3 is 2.28 bits per heavy atom. The van der Waals surface area contributed by atoms with Crippen molar-refractivity contribution >= 4 is 63.7 Å². The number of methoxy groups -OCH3 is 1. The van der Waals surface area contributed by atoms with Gasteiger partial charge in [0, 0.05) is 35.9 Å². The van der Waals surface area contributed by atoms with Gasteiger partial charge in [0.2, 0.25) is 11.8 Å². The van der Waals surface area contributed by atoms with E-state index in [1.54, 1.807) is 65.4 Å². The number of carbonyl (C=O) groups excluding carboxylic acids is 3. The highest BCUT2D eigenvalue weighted by Gasteiger charge is 2.44. The summed E-state index contributed by atoms with van der Waals surface area (Å²) < 4.78 is 5.24. The number of rotatable bonds is 8. The number of hydrogen-bond donors (Lipinski definition) is 1. The Balaban J connectivity index is 1.38. The lowest BCUT2D eigenvalue weighted by atomic mass is 10.1. The largest absolute Gasteiger partial charge is 0.497 e. The maximum Gasteiger partial charge on any atom is 0.256 e. The van der Waals surface area contributed by atoms with Crippen molar-refractivity contribution in [3.05, 3.63) is 83.4 Å². The molecule has 0 spiro atoms. The molecule has 2 fully saturated rings. The van der Waals surface area contributed by atoms with E-state index in [1.165, 1.54) is 4.90 Å². The zero-order valence-electron chi connectivity index (χ0n) is 21.3. The van der Waals surface area contributed by atoms with E-state index in [0.29, 0.717) is 46.8 Å². The number of anilines is 3. The molecule has 2 saturated heterocycles. The quantitative estimate of drug-likeness (QED) is 0.389. The van der Waals surface area contributed by atoms with E-state index in [1.807, 2.05) is 24.3 Å². The minimum absolute atomic E-state index is 0.0887. The maximum atomic E-state index is 13.7. The van der Waals surface area contributed by atoms with Crippen molar-refractivity contribution in [2.75, 3.05) is 28.8 Å². The number of hydrogen-bond acceptors (Lipinski definition) is 5. The standard InChI is InChI=1S/C29H27ClN4O4S/c1-38-24-14-12-23(13-15-24)34-28(37)25(17-26(35)31-21-8-6-20(30)7-9-21)33(29(34)39)18-19-4-10-22(11-5-19)32-16-2-3-27(32)36/h4-15,25H,2-3,16-18H2,1H3,(H,31,35)/t25-/m1/s1. The van der Waals surface area contributed by atoms with E-state index in [9.17, 15) is 14.4 Å². The first kappa shape index (κ1) is 26.6. The summed E-state index contributed by atoms with van der Waals surface area (Å²) in [5.74, 6) is 0.179. The number of amides is 3. The third-order valence-electron chi connectivity index (χ3n) is 6.83. The second-order valence-electron chi connectivity index (χ2n) is 9.37. The first-order valence-electron chi connectivity index (χ1n) is 12.6.